The molecule has 0 heterocycles. The molecular formula is C7H14N2O3S. The summed E-state index contributed by atoms with van der Waals surface area (Å²) in [7, 11) is -3.00. The van der Waals surface area contributed by atoms with Crippen molar-refractivity contribution in [2.75, 3.05) is 18.6 Å². The molecule has 0 aromatic rings. The zero-order chi connectivity index (χ0) is 10.1. The second-order valence-electron chi connectivity index (χ2n) is 3.54. The third kappa shape index (κ3) is 3.31. The molecule has 0 unspecified atom stereocenters. The van der Waals surface area contributed by atoms with Crippen LogP contribution in [0.3, 0.4) is 0 Å². The molecule has 3 N–H and O–H groups in total. The Kier molecular flexibility index (Phi) is 2.63. The van der Waals surface area contributed by atoms with E-state index in [2.05, 4.69) is 5.32 Å². The SMILES string of the molecule is CS(=O)(=O)CCNC(=O)C1(N)CC1. The van der Waals surface area contributed by atoms with E-state index >= 15 is 0 Å². The zero-order valence-electron chi connectivity index (χ0n) is 7.54. The number of amides is 1. The molecule has 1 amide bonds. The normalized spacial score (nSPS) is 19.5. The second-order valence-corrected chi connectivity index (χ2v) is 5.80. The lowest BCUT2D eigenvalue weighted by molar-refractivity contribution is -0.123. The van der Waals surface area contributed by atoms with Gasteiger partial charge in [0.25, 0.3) is 0 Å². The molecule has 13 heavy (non-hydrogen) atoms. The summed E-state index contributed by atoms with van der Waals surface area (Å²) in [6.07, 6.45) is 2.52. The van der Waals surface area contributed by atoms with Crippen LogP contribution in [0.2, 0.25) is 0 Å². The summed E-state index contributed by atoms with van der Waals surface area (Å²) in [4.78, 5) is 11.2. The number of carbonyl (C=O) groups excluding carboxylic acids is 1. The van der Waals surface area contributed by atoms with Gasteiger partial charge in [-0.2, -0.15) is 0 Å². The monoisotopic (exact) mass is 206 g/mol. The molecule has 0 atom stereocenters. The Morgan fingerprint density at radius 1 is 1.54 bits per heavy atom. The topological polar surface area (TPSA) is 89.3 Å². The number of rotatable bonds is 4. The molecule has 1 saturated carbocycles. The minimum atomic E-state index is -3.00. The van der Waals surface area contributed by atoms with Crippen LogP contribution in [-0.4, -0.2) is 38.4 Å². The van der Waals surface area contributed by atoms with E-state index in [1.54, 1.807) is 0 Å². The zero-order valence-corrected chi connectivity index (χ0v) is 8.36. The Hall–Kier alpha value is -0.620. The van der Waals surface area contributed by atoms with E-state index in [1.807, 2.05) is 0 Å². The second kappa shape index (κ2) is 3.26. The van der Waals surface area contributed by atoms with Crippen LogP contribution in [0.1, 0.15) is 12.8 Å². The van der Waals surface area contributed by atoms with E-state index in [0.29, 0.717) is 12.8 Å². The Morgan fingerprint density at radius 2 is 2.08 bits per heavy atom. The molecule has 1 rings (SSSR count). The fourth-order valence-electron chi connectivity index (χ4n) is 0.888. The van der Waals surface area contributed by atoms with Crippen LogP contribution in [0.5, 0.6) is 0 Å². The van der Waals surface area contributed by atoms with Gasteiger partial charge in [-0.15, -0.1) is 0 Å². The van der Waals surface area contributed by atoms with Crippen LogP contribution in [0.15, 0.2) is 0 Å². The average molecular weight is 206 g/mol. The standard InChI is InChI=1S/C7H14N2O3S/c1-13(11,12)5-4-9-6(10)7(8)2-3-7/h2-5,8H2,1H3,(H,9,10). The van der Waals surface area contributed by atoms with Crippen molar-refractivity contribution in [3.63, 3.8) is 0 Å². The summed E-state index contributed by atoms with van der Waals surface area (Å²) in [5.74, 6) is -0.273. The van der Waals surface area contributed by atoms with Gasteiger partial charge in [0, 0.05) is 12.8 Å². The van der Waals surface area contributed by atoms with Crippen molar-refractivity contribution >= 4 is 15.7 Å². The summed E-state index contributed by atoms with van der Waals surface area (Å²) in [6.45, 7) is 0.149. The highest BCUT2D eigenvalue weighted by Crippen LogP contribution is 2.31. The quantitative estimate of drug-likeness (QED) is 0.594. The lowest BCUT2D eigenvalue weighted by Crippen LogP contribution is -2.44. The van der Waals surface area contributed by atoms with Gasteiger partial charge in [-0.3, -0.25) is 4.79 Å². The van der Waals surface area contributed by atoms with E-state index < -0.39 is 15.4 Å². The van der Waals surface area contributed by atoms with Gasteiger partial charge in [0.2, 0.25) is 5.91 Å². The molecule has 1 fully saturated rings. The number of sulfone groups is 1. The van der Waals surface area contributed by atoms with E-state index in [-0.39, 0.29) is 18.2 Å². The van der Waals surface area contributed by atoms with Crippen molar-refractivity contribution < 1.29 is 13.2 Å². The first-order valence-corrected chi connectivity index (χ1v) is 6.14. The predicted molar refractivity (Wildman–Crippen MR) is 48.9 cm³/mol. The summed E-state index contributed by atoms with van der Waals surface area (Å²) in [6, 6.07) is 0. The van der Waals surface area contributed by atoms with Crippen molar-refractivity contribution in [2.45, 2.75) is 18.4 Å². The Labute approximate surface area is 77.6 Å². The van der Waals surface area contributed by atoms with Crippen molar-refractivity contribution in [1.29, 1.82) is 0 Å². The van der Waals surface area contributed by atoms with Gasteiger partial charge >= 0.3 is 0 Å². The molecule has 0 aliphatic heterocycles. The highest BCUT2D eigenvalue weighted by molar-refractivity contribution is 7.90. The number of carbonyl (C=O) groups is 1. The Balaban J connectivity index is 2.24. The van der Waals surface area contributed by atoms with Gasteiger partial charge < -0.3 is 11.1 Å². The molecule has 0 saturated heterocycles. The molecule has 1 aliphatic carbocycles. The van der Waals surface area contributed by atoms with E-state index in [1.165, 1.54) is 0 Å². The van der Waals surface area contributed by atoms with Crippen LogP contribution in [0.4, 0.5) is 0 Å². The molecule has 0 bridgehead atoms. The van der Waals surface area contributed by atoms with Crippen LogP contribution < -0.4 is 11.1 Å². The van der Waals surface area contributed by atoms with Crippen molar-refractivity contribution in [1.82, 2.24) is 5.32 Å². The summed E-state index contributed by atoms with van der Waals surface area (Å²) in [5, 5.41) is 2.50. The first-order chi connectivity index (χ1) is 5.83. The van der Waals surface area contributed by atoms with Gasteiger partial charge in [0.1, 0.15) is 9.84 Å². The minimum Gasteiger partial charge on any atom is -0.353 e. The molecule has 0 radical (unpaired) electrons. The summed E-state index contributed by atoms with van der Waals surface area (Å²) >= 11 is 0. The molecule has 5 nitrogen and oxygen atoms in total. The highest BCUT2D eigenvalue weighted by Gasteiger charge is 2.45. The van der Waals surface area contributed by atoms with Crippen LogP contribution >= 0.6 is 0 Å². The molecule has 76 valence electrons. The van der Waals surface area contributed by atoms with Gasteiger partial charge in [-0.1, -0.05) is 0 Å². The average Bonchev–Trinajstić information content (AvgIpc) is 2.66. The van der Waals surface area contributed by atoms with Crippen LogP contribution in [-0.2, 0) is 14.6 Å². The lowest BCUT2D eigenvalue weighted by atomic mass is 10.3. The van der Waals surface area contributed by atoms with Crippen molar-refractivity contribution in [3.8, 4) is 0 Å². The van der Waals surface area contributed by atoms with Crippen molar-refractivity contribution in [3.05, 3.63) is 0 Å². The maximum Gasteiger partial charge on any atom is 0.240 e. The molecule has 1 aliphatic rings. The number of hydrogen-bond acceptors (Lipinski definition) is 4. The van der Waals surface area contributed by atoms with Crippen LogP contribution in [0, 0.1) is 0 Å². The number of hydrogen-bond donors (Lipinski definition) is 2. The van der Waals surface area contributed by atoms with E-state index in [4.69, 9.17) is 5.73 Å². The summed E-state index contributed by atoms with van der Waals surface area (Å²) < 4.78 is 21.4. The highest BCUT2D eigenvalue weighted by atomic mass is 32.2. The minimum absolute atomic E-state index is 0.0329. The maximum absolute atomic E-state index is 11.2. The molecule has 0 spiro atoms. The van der Waals surface area contributed by atoms with Crippen molar-refractivity contribution in [2.24, 2.45) is 5.73 Å². The first kappa shape index (κ1) is 10.5. The lowest BCUT2D eigenvalue weighted by Gasteiger charge is -2.08. The Morgan fingerprint density at radius 3 is 2.46 bits per heavy atom. The molecule has 6 heteroatoms. The first-order valence-electron chi connectivity index (χ1n) is 4.08. The number of nitrogens with two attached hydrogens (primary N) is 1. The molecule has 0 aromatic carbocycles. The summed E-state index contributed by atoms with van der Waals surface area (Å²) in [5.41, 5.74) is 4.87. The third-order valence-electron chi connectivity index (χ3n) is 2.00. The fourth-order valence-corrected chi connectivity index (χ4v) is 1.36. The molecule has 0 aromatic heterocycles. The molecular weight excluding hydrogens is 192 g/mol. The van der Waals surface area contributed by atoms with E-state index in [0.717, 1.165) is 6.26 Å². The van der Waals surface area contributed by atoms with Gasteiger partial charge in [0.15, 0.2) is 0 Å². The maximum atomic E-state index is 11.2. The smallest absolute Gasteiger partial charge is 0.240 e. The predicted octanol–water partition coefficient (Wildman–Crippen LogP) is -1.36. The Bertz CT molecular complexity index is 306. The van der Waals surface area contributed by atoms with Gasteiger partial charge in [0.05, 0.1) is 11.3 Å². The van der Waals surface area contributed by atoms with Crippen LogP contribution in [0.25, 0.3) is 0 Å². The van der Waals surface area contributed by atoms with Gasteiger partial charge in [-0.25, -0.2) is 8.42 Å². The fraction of sp³-hybridized carbons (Fsp3) is 0.857. The third-order valence-corrected chi connectivity index (χ3v) is 2.94. The van der Waals surface area contributed by atoms with E-state index in [9.17, 15) is 13.2 Å². The largest absolute Gasteiger partial charge is 0.353 e. The van der Waals surface area contributed by atoms with Gasteiger partial charge in [-0.05, 0) is 12.8 Å². The number of nitrogens with one attached hydrogen (secondary N) is 1.